The van der Waals surface area contributed by atoms with Crippen molar-refractivity contribution in [2.75, 3.05) is 6.54 Å². The van der Waals surface area contributed by atoms with E-state index < -0.39 is 0 Å². The lowest BCUT2D eigenvalue weighted by molar-refractivity contribution is 0.727. The minimum atomic E-state index is 0.682. The molecule has 0 saturated heterocycles. The van der Waals surface area contributed by atoms with Crippen molar-refractivity contribution in [2.24, 2.45) is 11.7 Å². The van der Waals surface area contributed by atoms with Crippen molar-refractivity contribution >= 4 is 0 Å². The van der Waals surface area contributed by atoms with Crippen LogP contribution < -0.4 is 5.73 Å². The predicted molar refractivity (Wildman–Crippen MR) is 83.3 cm³/mol. The zero-order valence-electron chi connectivity index (χ0n) is 13.2. The Morgan fingerprint density at radius 2 is 1.71 bits per heavy atom. The van der Waals surface area contributed by atoms with Crippen LogP contribution in [-0.4, -0.2) is 6.54 Å². The van der Waals surface area contributed by atoms with Gasteiger partial charge in [-0.1, -0.05) is 71.3 Å². The smallest absolute Gasteiger partial charge is 0.00773 e. The summed E-state index contributed by atoms with van der Waals surface area (Å²) >= 11 is 0. The summed E-state index contributed by atoms with van der Waals surface area (Å²) in [5.41, 5.74) is 6.65. The van der Waals surface area contributed by atoms with Crippen molar-refractivity contribution < 1.29 is 0 Å². The van der Waals surface area contributed by atoms with Crippen LogP contribution in [0.3, 0.4) is 0 Å². The lowest BCUT2D eigenvalue weighted by Crippen LogP contribution is -1.96. The molecule has 0 spiro atoms. The molecule has 0 aliphatic rings. The third-order valence-corrected chi connectivity index (χ3v) is 2.27. The summed E-state index contributed by atoms with van der Waals surface area (Å²) in [6.07, 6.45) is 10.0. The van der Waals surface area contributed by atoms with Gasteiger partial charge in [0.15, 0.2) is 0 Å². The molecular weight excluding hydrogens is 206 g/mol. The van der Waals surface area contributed by atoms with Gasteiger partial charge >= 0.3 is 0 Å². The van der Waals surface area contributed by atoms with E-state index in [2.05, 4.69) is 39.8 Å². The molecule has 0 aromatic rings. The van der Waals surface area contributed by atoms with Crippen LogP contribution in [0.15, 0.2) is 23.8 Å². The van der Waals surface area contributed by atoms with Crippen LogP contribution in [0.4, 0.5) is 0 Å². The first-order valence-electron chi connectivity index (χ1n) is 7.09. The van der Waals surface area contributed by atoms with Crippen LogP contribution in [0.25, 0.3) is 0 Å². The van der Waals surface area contributed by atoms with Gasteiger partial charge in [0.25, 0.3) is 0 Å². The van der Waals surface area contributed by atoms with Gasteiger partial charge in [-0.2, -0.15) is 0 Å². The summed E-state index contributed by atoms with van der Waals surface area (Å²) in [7, 11) is 0. The SMILES string of the molecule is C/C=C\C=C(\C)C(C)C.CC.CCCCCN. The minimum absolute atomic E-state index is 0.682. The summed E-state index contributed by atoms with van der Waals surface area (Å²) in [5.74, 6) is 0.682. The monoisotopic (exact) mass is 241 g/mol. The van der Waals surface area contributed by atoms with Crippen LogP contribution in [0.5, 0.6) is 0 Å². The summed E-state index contributed by atoms with van der Waals surface area (Å²) < 4.78 is 0. The molecule has 0 heterocycles. The van der Waals surface area contributed by atoms with Gasteiger partial charge in [-0.15, -0.1) is 0 Å². The van der Waals surface area contributed by atoms with Crippen molar-refractivity contribution in [1.29, 1.82) is 0 Å². The van der Waals surface area contributed by atoms with E-state index in [1.54, 1.807) is 0 Å². The Hall–Kier alpha value is -0.560. The van der Waals surface area contributed by atoms with Crippen molar-refractivity contribution in [1.82, 2.24) is 0 Å². The molecule has 0 atom stereocenters. The van der Waals surface area contributed by atoms with Crippen molar-refractivity contribution in [3.63, 3.8) is 0 Å². The second kappa shape index (κ2) is 20.8. The molecule has 104 valence electrons. The van der Waals surface area contributed by atoms with E-state index in [4.69, 9.17) is 5.73 Å². The van der Waals surface area contributed by atoms with E-state index in [1.165, 1.54) is 24.8 Å². The highest BCUT2D eigenvalue weighted by molar-refractivity contribution is 5.11. The molecule has 0 rings (SSSR count). The van der Waals surface area contributed by atoms with E-state index in [-0.39, 0.29) is 0 Å². The Labute approximate surface area is 110 Å². The van der Waals surface area contributed by atoms with Gasteiger partial charge in [0.2, 0.25) is 0 Å². The third-order valence-electron chi connectivity index (χ3n) is 2.27. The first-order valence-corrected chi connectivity index (χ1v) is 7.09. The molecule has 0 aromatic carbocycles. The first kappa shape index (κ1) is 21.7. The van der Waals surface area contributed by atoms with Gasteiger partial charge in [-0.3, -0.25) is 0 Å². The average Bonchev–Trinajstić information content (AvgIpc) is 2.36. The number of allylic oxidation sites excluding steroid dienone is 4. The molecule has 0 aromatic heterocycles. The van der Waals surface area contributed by atoms with E-state index in [0.717, 1.165) is 6.54 Å². The van der Waals surface area contributed by atoms with Gasteiger partial charge < -0.3 is 5.73 Å². The number of hydrogen-bond acceptors (Lipinski definition) is 1. The highest BCUT2D eigenvalue weighted by Crippen LogP contribution is 2.06. The molecule has 0 radical (unpaired) electrons. The van der Waals surface area contributed by atoms with Crippen LogP contribution in [0.2, 0.25) is 0 Å². The number of nitrogens with two attached hydrogens (primary N) is 1. The van der Waals surface area contributed by atoms with E-state index >= 15 is 0 Å². The highest BCUT2D eigenvalue weighted by atomic mass is 14.5. The van der Waals surface area contributed by atoms with Gasteiger partial charge in [-0.25, -0.2) is 0 Å². The van der Waals surface area contributed by atoms with E-state index in [1.807, 2.05) is 26.8 Å². The van der Waals surface area contributed by atoms with Crippen LogP contribution >= 0.6 is 0 Å². The molecule has 0 bridgehead atoms. The Morgan fingerprint density at radius 1 is 1.18 bits per heavy atom. The third kappa shape index (κ3) is 25.6. The number of hydrogen-bond donors (Lipinski definition) is 1. The molecular formula is C16H35N. The average molecular weight is 241 g/mol. The second-order valence-corrected chi connectivity index (χ2v) is 4.09. The molecule has 0 unspecified atom stereocenters. The lowest BCUT2D eigenvalue weighted by Gasteiger charge is -2.01. The zero-order valence-corrected chi connectivity index (χ0v) is 13.2. The summed E-state index contributed by atoms with van der Waals surface area (Å²) in [6.45, 7) is 15.6. The Bertz CT molecular complexity index is 162. The fraction of sp³-hybridized carbons (Fsp3) is 0.750. The summed E-state index contributed by atoms with van der Waals surface area (Å²) in [4.78, 5) is 0. The molecule has 1 heteroatoms. The topological polar surface area (TPSA) is 26.0 Å². The van der Waals surface area contributed by atoms with Crippen molar-refractivity contribution in [3.8, 4) is 0 Å². The molecule has 0 amide bonds. The van der Waals surface area contributed by atoms with Gasteiger partial charge in [0.1, 0.15) is 0 Å². The molecule has 0 aliphatic carbocycles. The van der Waals surface area contributed by atoms with E-state index in [0.29, 0.717) is 5.92 Å². The van der Waals surface area contributed by atoms with Crippen LogP contribution in [-0.2, 0) is 0 Å². The van der Waals surface area contributed by atoms with Gasteiger partial charge in [-0.05, 0) is 32.7 Å². The molecule has 17 heavy (non-hydrogen) atoms. The number of unbranched alkanes of at least 4 members (excludes halogenated alkanes) is 2. The Kier molecular flexibility index (Phi) is 26.6. The van der Waals surface area contributed by atoms with Gasteiger partial charge in [0.05, 0.1) is 0 Å². The fourth-order valence-corrected chi connectivity index (χ4v) is 0.835. The van der Waals surface area contributed by atoms with Gasteiger partial charge in [0, 0.05) is 0 Å². The Balaban J connectivity index is -0.000000213. The Morgan fingerprint density at radius 3 is 1.94 bits per heavy atom. The maximum absolute atomic E-state index is 5.21. The molecule has 2 N–H and O–H groups in total. The maximum Gasteiger partial charge on any atom is -0.00773 e. The number of rotatable bonds is 5. The lowest BCUT2D eigenvalue weighted by atomic mass is 10.1. The maximum atomic E-state index is 5.21. The summed E-state index contributed by atoms with van der Waals surface area (Å²) in [5, 5.41) is 0. The summed E-state index contributed by atoms with van der Waals surface area (Å²) in [6, 6.07) is 0. The zero-order chi connectivity index (χ0) is 14.1. The molecule has 0 fully saturated rings. The van der Waals surface area contributed by atoms with Crippen molar-refractivity contribution in [2.45, 2.75) is 67.7 Å². The molecule has 1 nitrogen and oxygen atoms in total. The highest BCUT2D eigenvalue weighted by Gasteiger charge is 1.91. The predicted octanol–water partition coefficient (Wildman–Crippen LogP) is 5.33. The largest absolute Gasteiger partial charge is 0.330 e. The quantitative estimate of drug-likeness (QED) is 0.511. The normalized spacial score (nSPS) is 10.8. The van der Waals surface area contributed by atoms with E-state index in [9.17, 15) is 0 Å². The second-order valence-electron chi connectivity index (χ2n) is 4.09. The van der Waals surface area contributed by atoms with Crippen LogP contribution in [0.1, 0.15) is 67.7 Å². The van der Waals surface area contributed by atoms with Crippen LogP contribution in [0, 0.1) is 5.92 Å². The molecule has 0 saturated carbocycles. The standard InChI is InChI=1S/C9H16.C5H13N.C2H6/c1-5-6-7-9(4)8(2)3;1-2-3-4-5-6;1-2/h5-8H,1-4H3;2-6H2,1H3;1-2H3/b6-5-,9-7-;;. The minimum Gasteiger partial charge on any atom is -0.330 e. The first-order chi connectivity index (χ1) is 8.09. The molecule has 0 aliphatic heterocycles. The van der Waals surface area contributed by atoms with Crippen molar-refractivity contribution in [3.05, 3.63) is 23.8 Å². The fourth-order valence-electron chi connectivity index (χ4n) is 0.835.